The highest BCUT2D eigenvalue weighted by Gasteiger charge is 2.14. The van der Waals surface area contributed by atoms with E-state index in [2.05, 4.69) is 20.5 Å². The summed E-state index contributed by atoms with van der Waals surface area (Å²) in [5.74, 6) is -0.908. The van der Waals surface area contributed by atoms with E-state index >= 15 is 0 Å². The van der Waals surface area contributed by atoms with Crippen LogP contribution in [0.15, 0.2) is 54.7 Å². The molecule has 0 saturated carbocycles. The number of H-pyrrole nitrogens is 2. The minimum atomic E-state index is -0.490. The molecule has 0 aliphatic carbocycles. The summed E-state index contributed by atoms with van der Waals surface area (Å²) < 4.78 is 13.4. The van der Waals surface area contributed by atoms with Gasteiger partial charge in [-0.15, -0.1) is 0 Å². The number of carbonyl (C=O) groups excluding carboxylic acids is 1. The minimum Gasteiger partial charge on any atom is -0.507 e. The van der Waals surface area contributed by atoms with E-state index in [1.807, 2.05) is 30.5 Å². The monoisotopic (exact) mass is 364 g/mol. The first kappa shape index (κ1) is 16.8. The van der Waals surface area contributed by atoms with Crippen molar-refractivity contribution >= 4 is 16.8 Å². The average molecular weight is 364 g/mol. The van der Waals surface area contributed by atoms with Crippen LogP contribution in [0.25, 0.3) is 22.2 Å². The smallest absolute Gasteiger partial charge is 0.269 e. The lowest BCUT2D eigenvalue weighted by Gasteiger charge is -2.03. The van der Waals surface area contributed by atoms with Crippen molar-refractivity contribution in [2.75, 3.05) is 6.54 Å². The Hall–Kier alpha value is -3.61. The number of rotatable bonds is 5. The van der Waals surface area contributed by atoms with Gasteiger partial charge in [0.05, 0.1) is 5.69 Å². The number of nitrogens with one attached hydrogen (secondary N) is 3. The quantitative estimate of drug-likeness (QED) is 0.437. The Morgan fingerprint density at radius 2 is 2.04 bits per heavy atom. The van der Waals surface area contributed by atoms with E-state index < -0.39 is 5.82 Å². The number of aromatic amines is 2. The van der Waals surface area contributed by atoms with Crippen LogP contribution in [0.1, 0.15) is 16.1 Å². The summed E-state index contributed by atoms with van der Waals surface area (Å²) in [6, 6.07) is 13.0. The zero-order valence-electron chi connectivity index (χ0n) is 14.3. The molecule has 1 amide bonds. The molecule has 0 saturated heterocycles. The van der Waals surface area contributed by atoms with E-state index in [0.717, 1.165) is 22.5 Å². The maximum absolute atomic E-state index is 13.4. The Kier molecular flexibility index (Phi) is 4.33. The van der Waals surface area contributed by atoms with Crippen LogP contribution >= 0.6 is 0 Å². The highest BCUT2D eigenvalue weighted by atomic mass is 19.1. The van der Waals surface area contributed by atoms with Crippen LogP contribution < -0.4 is 5.32 Å². The molecule has 0 bridgehead atoms. The van der Waals surface area contributed by atoms with Crippen molar-refractivity contribution in [3.8, 4) is 17.0 Å². The first-order chi connectivity index (χ1) is 13.1. The summed E-state index contributed by atoms with van der Waals surface area (Å²) >= 11 is 0. The highest BCUT2D eigenvalue weighted by Crippen LogP contribution is 2.28. The number of carbonyl (C=O) groups is 1. The predicted molar refractivity (Wildman–Crippen MR) is 100.0 cm³/mol. The molecule has 0 aliphatic heterocycles. The third-order valence-corrected chi connectivity index (χ3v) is 4.41. The number of aromatic nitrogens is 3. The summed E-state index contributed by atoms with van der Waals surface area (Å²) in [7, 11) is 0. The summed E-state index contributed by atoms with van der Waals surface area (Å²) in [5.41, 5.74) is 2.96. The Labute approximate surface area is 154 Å². The SMILES string of the molecule is O=C(NCCc1c[nH]c2ccccc12)c1cc(-c2cc(F)ccc2O)n[nH]1. The van der Waals surface area contributed by atoms with Crippen molar-refractivity contribution in [2.24, 2.45) is 0 Å². The molecule has 4 aromatic rings. The van der Waals surface area contributed by atoms with Gasteiger partial charge in [0.25, 0.3) is 5.91 Å². The van der Waals surface area contributed by atoms with E-state index in [0.29, 0.717) is 18.7 Å². The standard InChI is InChI=1S/C20H17FN4O2/c21-13-5-6-19(26)15(9-13)17-10-18(25-24-17)20(27)22-8-7-12-11-23-16-4-2-1-3-14(12)16/h1-6,9-11,23,26H,7-8H2,(H,22,27)(H,24,25). The Morgan fingerprint density at radius 1 is 1.19 bits per heavy atom. The predicted octanol–water partition coefficient (Wildman–Crippen LogP) is 3.38. The van der Waals surface area contributed by atoms with Gasteiger partial charge in [-0.1, -0.05) is 18.2 Å². The van der Waals surface area contributed by atoms with E-state index in [9.17, 15) is 14.3 Å². The van der Waals surface area contributed by atoms with Gasteiger partial charge < -0.3 is 15.4 Å². The molecule has 4 N–H and O–H groups in total. The number of benzene rings is 2. The van der Waals surface area contributed by atoms with Crippen LogP contribution in [0.3, 0.4) is 0 Å². The lowest BCUT2D eigenvalue weighted by atomic mass is 10.1. The zero-order chi connectivity index (χ0) is 18.8. The number of halogens is 1. The number of nitrogens with zero attached hydrogens (tertiary/aromatic N) is 1. The van der Waals surface area contributed by atoms with Crippen molar-refractivity contribution < 1.29 is 14.3 Å². The highest BCUT2D eigenvalue weighted by molar-refractivity contribution is 5.93. The van der Waals surface area contributed by atoms with Crippen molar-refractivity contribution in [3.05, 3.63) is 71.8 Å². The number of phenolic OH excluding ortho intramolecular Hbond substituents is 1. The van der Waals surface area contributed by atoms with Gasteiger partial charge in [0, 0.05) is 29.2 Å². The van der Waals surface area contributed by atoms with E-state index in [1.165, 1.54) is 18.2 Å². The fourth-order valence-electron chi connectivity index (χ4n) is 3.03. The molecule has 6 nitrogen and oxygen atoms in total. The molecule has 2 heterocycles. The van der Waals surface area contributed by atoms with Gasteiger partial charge in [0.15, 0.2) is 0 Å². The maximum atomic E-state index is 13.4. The van der Waals surface area contributed by atoms with Gasteiger partial charge in [0.1, 0.15) is 17.3 Å². The third-order valence-electron chi connectivity index (χ3n) is 4.41. The molecule has 27 heavy (non-hydrogen) atoms. The first-order valence-electron chi connectivity index (χ1n) is 8.49. The average Bonchev–Trinajstić information content (AvgIpc) is 3.31. The molecule has 0 aliphatic rings. The number of phenols is 1. The van der Waals surface area contributed by atoms with E-state index in [4.69, 9.17) is 0 Å². The summed E-state index contributed by atoms with van der Waals surface area (Å²) in [5, 5.41) is 20.4. The fourth-order valence-corrected chi connectivity index (χ4v) is 3.03. The van der Waals surface area contributed by atoms with Crippen LogP contribution in [0.4, 0.5) is 4.39 Å². The van der Waals surface area contributed by atoms with Crippen LogP contribution in [0.5, 0.6) is 5.75 Å². The van der Waals surface area contributed by atoms with Gasteiger partial charge in [-0.2, -0.15) is 5.10 Å². The molecule has 2 aromatic heterocycles. The van der Waals surface area contributed by atoms with E-state index in [-0.39, 0.29) is 22.9 Å². The number of para-hydroxylation sites is 1. The van der Waals surface area contributed by atoms with Crippen LogP contribution in [-0.2, 0) is 6.42 Å². The Morgan fingerprint density at radius 3 is 2.93 bits per heavy atom. The first-order valence-corrected chi connectivity index (χ1v) is 8.49. The molecular weight excluding hydrogens is 347 g/mol. The number of amides is 1. The summed E-state index contributed by atoms with van der Waals surface area (Å²) in [4.78, 5) is 15.5. The molecule has 0 radical (unpaired) electrons. The normalized spacial score (nSPS) is 11.0. The van der Waals surface area contributed by atoms with Crippen LogP contribution in [-0.4, -0.2) is 32.7 Å². The maximum Gasteiger partial charge on any atom is 0.269 e. The lowest BCUT2D eigenvalue weighted by Crippen LogP contribution is -2.25. The summed E-state index contributed by atoms with van der Waals surface area (Å²) in [6.45, 7) is 0.459. The molecule has 7 heteroatoms. The van der Waals surface area contributed by atoms with Gasteiger partial charge in [-0.3, -0.25) is 9.89 Å². The van der Waals surface area contributed by atoms with Crippen LogP contribution in [0, 0.1) is 5.82 Å². The van der Waals surface area contributed by atoms with Gasteiger partial charge in [-0.05, 0) is 42.3 Å². The van der Waals surface area contributed by atoms with Crippen molar-refractivity contribution in [2.45, 2.75) is 6.42 Å². The zero-order valence-corrected chi connectivity index (χ0v) is 14.3. The van der Waals surface area contributed by atoms with Crippen molar-refractivity contribution in [1.29, 1.82) is 0 Å². The number of hydrogen-bond donors (Lipinski definition) is 4. The molecular formula is C20H17FN4O2. The molecule has 0 fully saturated rings. The molecule has 2 aromatic carbocycles. The minimum absolute atomic E-state index is 0.103. The molecule has 0 spiro atoms. The summed E-state index contributed by atoms with van der Waals surface area (Å²) in [6.07, 6.45) is 2.62. The largest absolute Gasteiger partial charge is 0.507 e. The topological polar surface area (TPSA) is 93.8 Å². The van der Waals surface area contributed by atoms with Gasteiger partial charge in [-0.25, -0.2) is 4.39 Å². The molecule has 136 valence electrons. The molecule has 0 unspecified atom stereocenters. The fraction of sp³-hybridized carbons (Fsp3) is 0.100. The Balaban J connectivity index is 1.42. The second-order valence-corrected chi connectivity index (χ2v) is 6.19. The number of fused-ring (bicyclic) bond motifs is 1. The second-order valence-electron chi connectivity index (χ2n) is 6.19. The molecule has 4 rings (SSSR count). The lowest BCUT2D eigenvalue weighted by molar-refractivity contribution is 0.0949. The van der Waals surface area contributed by atoms with Crippen LogP contribution in [0.2, 0.25) is 0 Å². The third kappa shape index (κ3) is 3.39. The molecule has 0 atom stereocenters. The Bertz CT molecular complexity index is 1120. The van der Waals surface area contributed by atoms with Crippen molar-refractivity contribution in [3.63, 3.8) is 0 Å². The number of hydrogen-bond acceptors (Lipinski definition) is 3. The van der Waals surface area contributed by atoms with Gasteiger partial charge in [0.2, 0.25) is 0 Å². The van der Waals surface area contributed by atoms with Crippen molar-refractivity contribution in [1.82, 2.24) is 20.5 Å². The second kappa shape index (κ2) is 6.95. The van der Waals surface area contributed by atoms with E-state index in [1.54, 1.807) is 0 Å². The van der Waals surface area contributed by atoms with Gasteiger partial charge >= 0.3 is 0 Å². The number of aromatic hydroxyl groups is 1.